The summed E-state index contributed by atoms with van der Waals surface area (Å²) in [5, 5.41) is 3.13. The molecule has 35 heavy (non-hydrogen) atoms. The number of carbonyl (C=O) groups is 1. The Morgan fingerprint density at radius 2 is 1.74 bits per heavy atom. The molecule has 1 aromatic heterocycles. The molecule has 0 radical (unpaired) electrons. The van der Waals surface area contributed by atoms with Crippen molar-refractivity contribution in [2.45, 2.75) is 64.3 Å². The van der Waals surface area contributed by atoms with Crippen LogP contribution in [-0.2, 0) is 12.8 Å². The number of nitrogens with one attached hydrogen (secondary N) is 1. The van der Waals surface area contributed by atoms with Crippen LogP contribution in [0.2, 0.25) is 0 Å². The van der Waals surface area contributed by atoms with Gasteiger partial charge >= 0.3 is 0 Å². The van der Waals surface area contributed by atoms with Gasteiger partial charge in [0.1, 0.15) is 0 Å². The Balaban J connectivity index is 1.30. The maximum atomic E-state index is 12.8. The Hall–Kier alpha value is -2.85. The Bertz CT molecular complexity index is 1130. The lowest BCUT2D eigenvalue weighted by atomic mass is 9.89. The molecule has 0 saturated heterocycles. The second-order valence-corrected chi connectivity index (χ2v) is 10.6. The molecule has 1 fully saturated rings. The highest BCUT2D eigenvalue weighted by atomic mass is 16.1. The zero-order chi connectivity index (χ0) is 24.2. The van der Waals surface area contributed by atoms with Gasteiger partial charge in [0, 0.05) is 36.1 Å². The Labute approximate surface area is 210 Å². The van der Waals surface area contributed by atoms with E-state index in [2.05, 4.69) is 77.3 Å². The molecule has 0 aliphatic heterocycles. The highest BCUT2D eigenvalue weighted by Crippen LogP contribution is 2.35. The molecule has 4 heteroatoms. The molecular formula is C31H39N3O. The summed E-state index contributed by atoms with van der Waals surface area (Å²) in [7, 11) is 2.19. The van der Waals surface area contributed by atoms with E-state index in [0.717, 1.165) is 36.6 Å². The maximum absolute atomic E-state index is 12.8. The number of benzene rings is 2. The van der Waals surface area contributed by atoms with Crippen LogP contribution in [0.4, 0.5) is 0 Å². The average molecular weight is 470 g/mol. The minimum absolute atomic E-state index is 0.0141. The van der Waals surface area contributed by atoms with Crippen molar-refractivity contribution in [1.29, 1.82) is 0 Å². The summed E-state index contributed by atoms with van der Waals surface area (Å²) in [6.07, 6.45) is 10.1. The van der Waals surface area contributed by atoms with Crippen molar-refractivity contribution in [3.8, 4) is 16.9 Å². The third-order valence-corrected chi connectivity index (χ3v) is 8.04. The molecular weight excluding hydrogens is 430 g/mol. The molecule has 1 atom stereocenters. The number of fused-ring (bicyclic) bond motifs is 1. The fourth-order valence-corrected chi connectivity index (χ4v) is 5.94. The molecule has 1 N–H and O–H groups in total. The molecule has 4 nitrogen and oxygen atoms in total. The van der Waals surface area contributed by atoms with Crippen LogP contribution in [-0.4, -0.2) is 41.6 Å². The van der Waals surface area contributed by atoms with Crippen molar-refractivity contribution in [3.05, 3.63) is 77.5 Å². The lowest BCUT2D eigenvalue weighted by Gasteiger charge is -2.31. The third-order valence-electron chi connectivity index (χ3n) is 8.04. The zero-order valence-corrected chi connectivity index (χ0v) is 21.3. The largest absolute Gasteiger partial charge is 0.351 e. The normalized spacial score (nSPS) is 18.4. The predicted molar refractivity (Wildman–Crippen MR) is 144 cm³/mol. The fourth-order valence-electron chi connectivity index (χ4n) is 5.94. The highest BCUT2D eigenvalue weighted by molar-refractivity contribution is 5.94. The zero-order valence-electron chi connectivity index (χ0n) is 21.3. The van der Waals surface area contributed by atoms with Crippen LogP contribution in [0.15, 0.2) is 60.7 Å². The van der Waals surface area contributed by atoms with Gasteiger partial charge in [0.2, 0.25) is 0 Å². The van der Waals surface area contributed by atoms with E-state index < -0.39 is 0 Å². The van der Waals surface area contributed by atoms with E-state index in [-0.39, 0.29) is 5.91 Å². The molecule has 0 spiro atoms. The van der Waals surface area contributed by atoms with Crippen LogP contribution in [0.3, 0.4) is 0 Å². The fraction of sp³-hybridized carbons (Fsp3) is 0.452. The van der Waals surface area contributed by atoms with Gasteiger partial charge in [0.25, 0.3) is 5.91 Å². The molecule has 184 valence electrons. The number of nitrogens with zero attached hydrogens (tertiary/aromatic N) is 2. The molecule has 0 bridgehead atoms. The molecule has 2 aliphatic rings. The topological polar surface area (TPSA) is 37.3 Å². The Morgan fingerprint density at radius 1 is 1.00 bits per heavy atom. The summed E-state index contributed by atoms with van der Waals surface area (Å²) >= 11 is 0. The van der Waals surface area contributed by atoms with Gasteiger partial charge in [-0.25, -0.2) is 0 Å². The summed E-state index contributed by atoms with van der Waals surface area (Å²) in [5.41, 5.74) is 7.22. The van der Waals surface area contributed by atoms with Gasteiger partial charge in [-0.1, -0.05) is 56.5 Å². The first-order valence-corrected chi connectivity index (χ1v) is 13.5. The molecule has 1 amide bonds. The third kappa shape index (κ3) is 5.38. The van der Waals surface area contributed by atoms with E-state index in [1.807, 2.05) is 12.1 Å². The van der Waals surface area contributed by atoms with Gasteiger partial charge in [-0.15, -0.1) is 0 Å². The summed E-state index contributed by atoms with van der Waals surface area (Å²) in [6.45, 7) is 3.95. The van der Waals surface area contributed by atoms with Crippen molar-refractivity contribution >= 4 is 5.91 Å². The maximum Gasteiger partial charge on any atom is 0.251 e. The van der Waals surface area contributed by atoms with Gasteiger partial charge in [-0.05, 0) is 86.5 Å². The van der Waals surface area contributed by atoms with Crippen LogP contribution in [0.5, 0.6) is 0 Å². The first kappa shape index (κ1) is 23.9. The number of amides is 1. The van der Waals surface area contributed by atoms with E-state index in [1.54, 1.807) is 0 Å². The van der Waals surface area contributed by atoms with Crippen molar-refractivity contribution in [2.75, 3.05) is 20.1 Å². The van der Waals surface area contributed by atoms with Gasteiger partial charge in [0.15, 0.2) is 0 Å². The van der Waals surface area contributed by atoms with Gasteiger partial charge in [-0.3, -0.25) is 4.79 Å². The molecule has 1 heterocycles. The van der Waals surface area contributed by atoms with E-state index in [9.17, 15) is 4.79 Å². The van der Waals surface area contributed by atoms with E-state index >= 15 is 0 Å². The number of rotatable bonds is 7. The monoisotopic (exact) mass is 469 g/mol. The predicted octanol–water partition coefficient (Wildman–Crippen LogP) is 6.26. The Kier molecular flexibility index (Phi) is 7.38. The van der Waals surface area contributed by atoms with Crippen molar-refractivity contribution in [3.63, 3.8) is 0 Å². The SMILES string of the molecule is C[C@H]1CCc2c(cc(-c3ccccc3)n2-c2ccc(C(=O)NCCN(C)C3CCCCC3)cc2)C1. The minimum atomic E-state index is 0.0141. The lowest BCUT2D eigenvalue weighted by molar-refractivity contribution is 0.0944. The summed E-state index contributed by atoms with van der Waals surface area (Å²) < 4.78 is 2.41. The molecule has 3 aromatic rings. The number of aromatic nitrogens is 1. The van der Waals surface area contributed by atoms with Crippen LogP contribution < -0.4 is 5.32 Å². The summed E-state index contributed by atoms with van der Waals surface area (Å²) in [4.78, 5) is 15.2. The molecule has 1 saturated carbocycles. The molecule has 0 unspecified atom stereocenters. The van der Waals surface area contributed by atoms with Gasteiger partial charge in [0.05, 0.1) is 5.69 Å². The average Bonchev–Trinajstić information content (AvgIpc) is 3.28. The first-order chi connectivity index (χ1) is 17.1. The van der Waals surface area contributed by atoms with Gasteiger partial charge < -0.3 is 14.8 Å². The minimum Gasteiger partial charge on any atom is -0.351 e. The highest BCUT2D eigenvalue weighted by Gasteiger charge is 2.23. The second kappa shape index (κ2) is 10.8. The number of carbonyl (C=O) groups excluding carboxylic acids is 1. The molecule has 2 aliphatic carbocycles. The second-order valence-electron chi connectivity index (χ2n) is 10.6. The van der Waals surface area contributed by atoms with Crippen LogP contribution >= 0.6 is 0 Å². The number of hydrogen-bond acceptors (Lipinski definition) is 2. The van der Waals surface area contributed by atoms with Crippen molar-refractivity contribution in [1.82, 2.24) is 14.8 Å². The smallest absolute Gasteiger partial charge is 0.251 e. The summed E-state index contributed by atoms with van der Waals surface area (Å²) in [5.74, 6) is 0.741. The quantitative estimate of drug-likeness (QED) is 0.443. The molecule has 2 aromatic carbocycles. The van der Waals surface area contributed by atoms with Crippen molar-refractivity contribution in [2.24, 2.45) is 5.92 Å². The number of likely N-dealkylation sites (N-methyl/N-ethyl adjacent to an activating group) is 1. The summed E-state index contributed by atoms with van der Waals surface area (Å²) in [6, 6.07) is 21.9. The van der Waals surface area contributed by atoms with E-state index in [0.29, 0.717) is 12.6 Å². The van der Waals surface area contributed by atoms with Gasteiger partial charge in [-0.2, -0.15) is 0 Å². The van der Waals surface area contributed by atoms with Crippen LogP contribution in [0.25, 0.3) is 16.9 Å². The lowest BCUT2D eigenvalue weighted by Crippen LogP contribution is -2.39. The van der Waals surface area contributed by atoms with E-state index in [4.69, 9.17) is 0 Å². The van der Waals surface area contributed by atoms with E-state index in [1.165, 1.54) is 61.0 Å². The number of hydrogen-bond donors (Lipinski definition) is 1. The first-order valence-electron chi connectivity index (χ1n) is 13.5. The van der Waals surface area contributed by atoms with Crippen LogP contribution in [0, 0.1) is 5.92 Å². The van der Waals surface area contributed by atoms with Crippen molar-refractivity contribution < 1.29 is 4.79 Å². The molecule has 5 rings (SSSR count). The Morgan fingerprint density at radius 3 is 2.49 bits per heavy atom. The standard InChI is InChI=1S/C31H39N3O/c1-23-13-18-29-26(21-23)22-30(24-9-5-3-6-10-24)34(29)28-16-14-25(15-17-28)31(35)32-19-20-33(2)27-11-7-4-8-12-27/h3,5-6,9-10,14-17,22-23,27H,4,7-8,11-13,18-21H2,1-2H3,(H,32,35)/t23-/m0/s1. The van der Waals surface area contributed by atoms with Crippen LogP contribution in [0.1, 0.15) is 67.1 Å².